The Kier molecular flexibility index (Phi) is 4.56. The summed E-state index contributed by atoms with van der Waals surface area (Å²) < 4.78 is 18.6. The molecule has 0 aliphatic rings. The van der Waals surface area contributed by atoms with Crippen molar-refractivity contribution in [1.82, 2.24) is 10.3 Å². The van der Waals surface area contributed by atoms with Gasteiger partial charge in [-0.2, -0.15) is 0 Å². The number of nitrogens with zero attached hydrogens (tertiary/aromatic N) is 1. The Morgan fingerprint density at radius 2 is 2.00 bits per heavy atom. The van der Waals surface area contributed by atoms with Crippen molar-refractivity contribution in [3.05, 3.63) is 66.1 Å². The number of benzene rings is 2. The number of rotatable bonds is 5. The number of hydrogen-bond acceptors (Lipinski definition) is 4. The molecule has 1 heterocycles. The average molecular weight is 325 g/mol. The van der Waals surface area contributed by atoms with E-state index >= 15 is 0 Å². The number of hydrogen-bond donors (Lipinski definition) is 2. The number of amides is 1. The minimum atomic E-state index is -0.301. The van der Waals surface area contributed by atoms with Crippen molar-refractivity contribution < 1.29 is 13.6 Å². The highest BCUT2D eigenvalue weighted by molar-refractivity contribution is 5.72. The summed E-state index contributed by atoms with van der Waals surface area (Å²) in [7, 11) is 0. The molecule has 122 valence electrons. The molecule has 0 atom stereocenters. The third-order valence-electron chi connectivity index (χ3n) is 3.35. The van der Waals surface area contributed by atoms with E-state index in [-0.39, 0.29) is 11.7 Å². The zero-order valence-electron chi connectivity index (χ0n) is 13.0. The van der Waals surface area contributed by atoms with Gasteiger partial charge in [-0.05, 0) is 35.9 Å². The molecule has 0 saturated heterocycles. The average Bonchev–Trinajstić information content (AvgIpc) is 3.04. The lowest BCUT2D eigenvalue weighted by molar-refractivity contribution is -0.119. The summed E-state index contributed by atoms with van der Waals surface area (Å²) in [6, 6.07) is 13.9. The van der Waals surface area contributed by atoms with Crippen molar-refractivity contribution in [3.63, 3.8) is 0 Å². The van der Waals surface area contributed by atoms with Crippen molar-refractivity contribution in [2.45, 2.75) is 13.5 Å². The van der Waals surface area contributed by atoms with Crippen LogP contribution < -0.4 is 10.6 Å². The van der Waals surface area contributed by atoms with E-state index in [2.05, 4.69) is 15.6 Å². The molecule has 6 heteroatoms. The first-order chi connectivity index (χ1) is 11.6. The van der Waals surface area contributed by atoms with E-state index in [0.29, 0.717) is 24.0 Å². The number of carbonyl (C=O) groups is 1. The van der Waals surface area contributed by atoms with Gasteiger partial charge in [0.15, 0.2) is 5.76 Å². The van der Waals surface area contributed by atoms with Gasteiger partial charge >= 0.3 is 0 Å². The quantitative estimate of drug-likeness (QED) is 0.747. The SMILES string of the molecule is CC(=O)NCc1cccc(-c2cnc(Nc3ccc(F)cc3)o2)c1. The Balaban J connectivity index is 1.74. The number of nitrogens with one attached hydrogen (secondary N) is 2. The maximum Gasteiger partial charge on any atom is 0.299 e. The Hall–Kier alpha value is -3.15. The van der Waals surface area contributed by atoms with E-state index in [9.17, 15) is 9.18 Å². The van der Waals surface area contributed by atoms with Crippen LogP contribution in [0.4, 0.5) is 16.1 Å². The van der Waals surface area contributed by atoms with Crippen LogP contribution in [0.2, 0.25) is 0 Å². The second kappa shape index (κ2) is 6.95. The molecule has 0 fully saturated rings. The number of anilines is 2. The fourth-order valence-electron chi connectivity index (χ4n) is 2.18. The predicted octanol–water partition coefficient (Wildman–Crippen LogP) is 3.86. The van der Waals surface area contributed by atoms with E-state index in [1.54, 1.807) is 18.3 Å². The molecular weight excluding hydrogens is 309 g/mol. The Morgan fingerprint density at radius 1 is 1.21 bits per heavy atom. The van der Waals surface area contributed by atoms with Crippen LogP contribution in [0.25, 0.3) is 11.3 Å². The first kappa shape index (κ1) is 15.7. The molecule has 0 unspecified atom stereocenters. The van der Waals surface area contributed by atoms with Gasteiger partial charge in [0.2, 0.25) is 5.91 Å². The van der Waals surface area contributed by atoms with Crippen molar-refractivity contribution in [3.8, 4) is 11.3 Å². The van der Waals surface area contributed by atoms with Gasteiger partial charge < -0.3 is 15.1 Å². The van der Waals surface area contributed by atoms with Gasteiger partial charge in [-0.15, -0.1) is 0 Å². The molecule has 24 heavy (non-hydrogen) atoms. The van der Waals surface area contributed by atoms with E-state index in [1.807, 2.05) is 24.3 Å². The summed E-state index contributed by atoms with van der Waals surface area (Å²) in [6.45, 7) is 1.94. The number of carbonyl (C=O) groups excluding carboxylic acids is 1. The lowest BCUT2D eigenvalue weighted by Gasteiger charge is -2.04. The first-order valence-electron chi connectivity index (χ1n) is 7.42. The van der Waals surface area contributed by atoms with Crippen molar-refractivity contribution in [2.24, 2.45) is 0 Å². The second-order valence-electron chi connectivity index (χ2n) is 5.27. The standard InChI is InChI=1S/C18H16FN3O2/c1-12(23)20-10-13-3-2-4-14(9-13)17-11-21-18(24-17)22-16-7-5-15(19)6-8-16/h2-9,11H,10H2,1H3,(H,20,23)(H,21,22). The summed E-state index contributed by atoms with van der Waals surface area (Å²) in [5.41, 5.74) is 2.51. The van der Waals surface area contributed by atoms with Crippen LogP contribution in [0.1, 0.15) is 12.5 Å². The first-order valence-corrected chi connectivity index (χ1v) is 7.42. The van der Waals surface area contributed by atoms with Gasteiger partial charge in [0.1, 0.15) is 5.82 Å². The Morgan fingerprint density at radius 3 is 2.75 bits per heavy atom. The maximum absolute atomic E-state index is 12.9. The number of halogens is 1. The molecule has 0 bridgehead atoms. The van der Waals surface area contributed by atoms with E-state index < -0.39 is 0 Å². The third-order valence-corrected chi connectivity index (χ3v) is 3.35. The highest BCUT2D eigenvalue weighted by Gasteiger charge is 2.08. The second-order valence-corrected chi connectivity index (χ2v) is 5.27. The van der Waals surface area contributed by atoms with Crippen LogP contribution in [-0.4, -0.2) is 10.9 Å². The van der Waals surface area contributed by atoms with Crippen LogP contribution in [0, 0.1) is 5.82 Å². The molecule has 2 N–H and O–H groups in total. The lowest BCUT2D eigenvalue weighted by Crippen LogP contribution is -2.18. The van der Waals surface area contributed by atoms with E-state index in [0.717, 1.165) is 11.1 Å². The summed E-state index contributed by atoms with van der Waals surface area (Å²) in [6.07, 6.45) is 1.61. The molecule has 0 aliphatic heterocycles. The minimum Gasteiger partial charge on any atom is -0.423 e. The Bertz CT molecular complexity index is 843. The largest absolute Gasteiger partial charge is 0.423 e. The van der Waals surface area contributed by atoms with Crippen molar-refractivity contribution in [2.75, 3.05) is 5.32 Å². The zero-order valence-corrected chi connectivity index (χ0v) is 13.0. The molecule has 3 aromatic rings. The topological polar surface area (TPSA) is 67.2 Å². The monoisotopic (exact) mass is 325 g/mol. The van der Waals surface area contributed by atoms with E-state index in [1.165, 1.54) is 19.1 Å². The van der Waals surface area contributed by atoms with Crippen LogP contribution >= 0.6 is 0 Å². The van der Waals surface area contributed by atoms with Gasteiger partial charge in [0.05, 0.1) is 6.20 Å². The molecule has 3 rings (SSSR count). The third kappa shape index (κ3) is 3.98. The lowest BCUT2D eigenvalue weighted by atomic mass is 10.1. The molecule has 0 spiro atoms. The zero-order chi connectivity index (χ0) is 16.9. The van der Waals surface area contributed by atoms with Crippen LogP contribution in [0.5, 0.6) is 0 Å². The van der Waals surface area contributed by atoms with Crippen molar-refractivity contribution in [1.29, 1.82) is 0 Å². The summed E-state index contributed by atoms with van der Waals surface area (Å²) in [4.78, 5) is 15.2. The van der Waals surface area contributed by atoms with Crippen LogP contribution in [0.3, 0.4) is 0 Å². The summed E-state index contributed by atoms with van der Waals surface area (Å²) >= 11 is 0. The fourth-order valence-corrected chi connectivity index (χ4v) is 2.18. The molecule has 0 aliphatic carbocycles. The fraction of sp³-hybridized carbons (Fsp3) is 0.111. The Labute approximate surface area is 138 Å². The molecule has 1 aromatic heterocycles. The van der Waals surface area contributed by atoms with Gasteiger partial charge in [0, 0.05) is 24.7 Å². The van der Waals surface area contributed by atoms with E-state index in [4.69, 9.17) is 4.42 Å². The molecule has 0 saturated carbocycles. The van der Waals surface area contributed by atoms with Gasteiger partial charge in [-0.3, -0.25) is 4.79 Å². The molecular formula is C18H16FN3O2. The normalized spacial score (nSPS) is 10.4. The minimum absolute atomic E-state index is 0.0779. The van der Waals surface area contributed by atoms with Gasteiger partial charge in [-0.25, -0.2) is 9.37 Å². The number of oxazole rings is 1. The molecule has 1 amide bonds. The predicted molar refractivity (Wildman–Crippen MR) is 89.1 cm³/mol. The molecule has 0 radical (unpaired) electrons. The van der Waals surface area contributed by atoms with Gasteiger partial charge in [0.25, 0.3) is 6.01 Å². The molecule has 2 aromatic carbocycles. The maximum atomic E-state index is 12.9. The van der Waals surface area contributed by atoms with Crippen LogP contribution in [0.15, 0.2) is 59.1 Å². The summed E-state index contributed by atoms with van der Waals surface area (Å²) in [5.74, 6) is 0.222. The highest BCUT2D eigenvalue weighted by Crippen LogP contribution is 2.25. The molecule has 5 nitrogen and oxygen atoms in total. The van der Waals surface area contributed by atoms with Crippen LogP contribution in [-0.2, 0) is 11.3 Å². The number of aromatic nitrogens is 1. The highest BCUT2D eigenvalue weighted by atomic mass is 19.1. The van der Waals surface area contributed by atoms with Gasteiger partial charge in [-0.1, -0.05) is 18.2 Å². The summed E-state index contributed by atoms with van der Waals surface area (Å²) in [5, 5.41) is 5.73. The smallest absolute Gasteiger partial charge is 0.299 e. The van der Waals surface area contributed by atoms with Crippen molar-refractivity contribution >= 4 is 17.6 Å².